The molecule has 0 radical (unpaired) electrons. The lowest BCUT2D eigenvalue weighted by Gasteiger charge is -2.42. The first-order valence-electron chi connectivity index (χ1n) is 9.67. The number of sulfonamides is 1. The number of ketones is 1. The molecular formula is C22H22FN3O3S. The Morgan fingerprint density at radius 3 is 2.43 bits per heavy atom. The quantitative estimate of drug-likeness (QED) is 0.543. The van der Waals surface area contributed by atoms with Crippen LogP contribution in [0.15, 0.2) is 72.1 Å². The van der Waals surface area contributed by atoms with E-state index in [0.29, 0.717) is 13.1 Å². The van der Waals surface area contributed by atoms with E-state index in [-0.39, 0.29) is 34.6 Å². The van der Waals surface area contributed by atoms with Crippen molar-refractivity contribution in [2.75, 3.05) is 13.1 Å². The fourth-order valence-corrected chi connectivity index (χ4v) is 5.35. The third-order valence-corrected chi connectivity index (χ3v) is 7.26. The van der Waals surface area contributed by atoms with Crippen molar-refractivity contribution >= 4 is 15.8 Å². The van der Waals surface area contributed by atoms with E-state index in [2.05, 4.69) is 4.98 Å². The van der Waals surface area contributed by atoms with Gasteiger partial charge in [0, 0.05) is 32.8 Å². The Hall–Kier alpha value is -2.84. The third kappa shape index (κ3) is 3.93. The zero-order chi connectivity index (χ0) is 21.3. The van der Waals surface area contributed by atoms with E-state index < -0.39 is 15.8 Å². The van der Waals surface area contributed by atoms with Gasteiger partial charge < -0.3 is 4.57 Å². The van der Waals surface area contributed by atoms with Crippen molar-refractivity contribution in [1.29, 1.82) is 0 Å². The molecule has 30 heavy (non-hydrogen) atoms. The minimum Gasteiger partial charge on any atom is -0.339 e. The van der Waals surface area contributed by atoms with E-state index in [4.69, 9.17) is 0 Å². The molecule has 1 unspecified atom stereocenters. The second kappa shape index (κ2) is 8.12. The van der Waals surface area contributed by atoms with Gasteiger partial charge in [0.1, 0.15) is 5.82 Å². The molecule has 156 valence electrons. The molecule has 0 N–H and O–H groups in total. The Morgan fingerprint density at radius 2 is 1.80 bits per heavy atom. The van der Waals surface area contributed by atoms with Gasteiger partial charge in [-0.25, -0.2) is 17.8 Å². The first kappa shape index (κ1) is 20.4. The number of carbonyl (C=O) groups excluding carboxylic acids is 1. The van der Waals surface area contributed by atoms with Crippen LogP contribution in [0, 0.1) is 11.7 Å². The number of aromatic nitrogens is 2. The van der Waals surface area contributed by atoms with Crippen molar-refractivity contribution in [3.05, 3.63) is 84.1 Å². The van der Waals surface area contributed by atoms with Crippen LogP contribution in [0.5, 0.6) is 0 Å². The Balaban J connectivity index is 1.54. The lowest BCUT2D eigenvalue weighted by Crippen LogP contribution is -2.52. The largest absolute Gasteiger partial charge is 0.339 e. The Morgan fingerprint density at radius 1 is 1.13 bits per heavy atom. The number of hydrogen-bond acceptors (Lipinski definition) is 4. The first-order chi connectivity index (χ1) is 14.4. The van der Waals surface area contributed by atoms with Crippen molar-refractivity contribution in [3.8, 4) is 0 Å². The summed E-state index contributed by atoms with van der Waals surface area (Å²) in [5.41, 5.74) is 1.01. The summed E-state index contributed by atoms with van der Waals surface area (Å²) < 4.78 is 42.6. The predicted octanol–water partition coefficient (Wildman–Crippen LogP) is 3.24. The van der Waals surface area contributed by atoms with E-state index in [9.17, 15) is 17.6 Å². The maximum absolute atomic E-state index is 14.1. The molecule has 0 saturated carbocycles. The highest BCUT2D eigenvalue weighted by Crippen LogP contribution is 2.38. The number of carbonyl (C=O) groups is 1. The van der Waals surface area contributed by atoms with Crippen LogP contribution < -0.4 is 0 Å². The molecule has 1 aliphatic rings. The molecule has 3 aromatic rings. The van der Waals surface area contributed by atoms with Gasteiger partial charge in [-0.15, -0.1) is 0 Å². The Kier molecular flexibility index (Phi) is 5.53. The maximum Gasteiger partial charge on any atom is 0.262 e. The number of Topliss-reactive ketones (excluding diaryl/α,β-unsaturated/α-hetero) is 1. The molecule has 0 spiro atoms. The van der Waals surface area contributed by atoms with E-state index in [0.717, 1.165) is 5.56 Å². The van der Waals surface area contributed by atoms with Gasteiger partial charge in [-0.3, -0.25) is 4.79 Å². The molecule has 6 nitrogen and oxygen atoms in total. The highest BCUT2D eigenvalue weighted by atomic mass is 32.2. The average Bonchev–Trinajstić information content (AvgIpc) is 3.14. The van der Waals surface area contributed by atoms with Crippen LogP contribution in [0.2, 0.25) is 0 Å². The molecule has 2 heterocycles. The van der Waals surface area contributed by atoms with Gasteiger partial charge in [0.05, 0.1) is 11.9 Å². The molecule has 2 aromatic carbocycles. The molecule has 0 aliphatic carbocycles. The minimum atomic E-state index is -3.66. The van der Waals surface area contributed by atoms with Crippen molar-refractivity contribution < 1.29 is 17.6 Å². The summed E-state index contributed by atoms with van der Waals surface area (Å²) in [5.74, 6) is -1.06. The maximum atomic E-state index is 14.1. The molecule has 1 aromatic heterocycles. The summed E-state index contributed by atoms with van der Waals surface area (Å²) in [7, 11) is -1.95. The van der Waals surface area contributed by atoms with Gasteiger partial charge in [0.15, 0.2) is 10.8 Å². The van der Waals surface area contributed by atoms with Gasteiger partial charge >= 0.3 is 0 Å². The van der Waals surface area contributed by atoms with E-state index in [1.54, 1.807) is 23.7 Å². The van der Waals surface area contributed by atoms with Crippen molar-refractivity contribution in [1.82, 2.24) is 13.9 Å². The summed E-state index contributed by atoms with van der Waals surface area (Å²) in [5, 5.41) is 0.0159. The van der Waals surface area contributed by atoms with E-state index >= 15 is 0 Å². The van der Waals surface area contributed by atoms with Gasteiger partial charge in [-0.2, -0.15) is 4.31 Å². The van der Waals surface area contributed by atoms with Crippen LogP contribution in [-0.4, -0.2) is 41.1 Å². The third-order valence-electron chi connectivity index (χ3n) is 5.54. The minimum absolute atomic E-state index is 0.0159. The fourth-order valence-electron chi connectivity index (χ4n) is 3.83. The van der Waals surface area contributed by atoms with Crippen LogP contribution in [-0.2, 0) is 17.1 Å². The van der Waals surface area contributed by atoms with Gasteiger partial charge in [0.25, 0.3) is 10.0 Å². The second-order valence-electron chi connectivity index (χ2n) is 7.58. The summed E-state index contributed by atoms with van der Waals surface area (Å²) in [6.07, 6.45) is 3.04. The van der Waals surface area contributed by atoms with Crippen molar-refractivity contribution in [2.24, 2.45) is 13.0 Å². The number of imidazole rings is 1. The molecule has 1 aliphatic heterocycles. The average molecular weight is 428 g/mol. The first-order valence-corrected chi connectivity index (χ1v) is 11.1. The number of benzene rings is 2. The molecule has 1 fully saturated rings. The van der Waals surface area contributed by atoms with Gasteiger partial charge in [0.2, 0.25) is 0 Å². The normalized spacial score (nSPS) is 16.2. The van der Waals surface area contributed by atoms with Crippen molar-refractivity contribution in [2.45, 2.75) is 17.4 Å². The summed E-state index contributed by atoms with van der Waals surface area (Å²) >= 11 is 0. The molecule has 8 heteroatoms. The lowest BCUT2D eigenvalue weighted by molar-refractivity contribution is 0.0927. The monoisotopic (exact) mass is 427 g/mol. The van der Waals surface area contributed by atoms with Crippen LogP contribution in [0.4, 0.5) is 4.39 Å². The summed E-state index contributed by atoms with van der Waals surface area (Å²) in [6.45, 7) is 0.589. The predicted molar refractivity (Wildman–Crippen MR) is 110 cm³/mol. The molecule has 0 amide bonds. The molecular weight excluding hydrogens is 405 g/mol. The lowest BCUT2D eigenvalue weighted by atomic mass is 9.78. The highest BCUT2D eigenvalue weighted by molar-refractivity contribution is 7.89. The molecule has 0 bridgehead atoms. The molecule has 1 atom stereocenters. The highest BCUT2D eigenvalue weighted by Gasteiger charge is 2.42. The zero-order valence-electron chi connectivity index (χ0n) is 16.5. The van der Waals surface area contributed by atoms with E-state index in [1.807, 2.05) is 30.3 Å². The van der Waals surface area contributed by atoms with E-state index in [1.165, 1.54) is 29.0 Å². The fraction of sp³-hybridized carbons (Fsp3) is 0.273. The summed E-state index contributed by atoms with van der Waals surface area (Å²) in [6, 6.07) is 15.5. The SMILES string of the molecule is Cn1cnc(S(=O)(=O)N2CC(C(CC(=O)c3ccccc3F)c3ccccc3)C2)c1. The number of aryl methyl sites for hydroxylation is 1. The topological polar surface area (TPSA) is 72.3 Å². The van der Waals surface area contributed by atoms with Crippen LogP contribution in [0.25, 0.3) is 0 Å². The number of nitrogens with zero attached hydrogens (tertiary/aromatic N) is 3. The van der Waals surface area contributed by atoms with Gasteiger partial charge in [-0.1, -0.05) is 42.5 Å². The standard InChI is InChI=1S/C22H22FN3O3S/c1-25-14-22(24-15-25)30(28,29)26-12-17(13-26)19(16-7-3-2-4-8-16)11-21(27)18-9-5-6-10-20(18)23/h2-10,14-15,17,19H,11-13H2,1H3. The van der Waals surface area contributed by atoms with Crippen molar-refractivity contribution in [3.63, 3.8) is 0 Å². The smallest absolute Gasteiger partial charge is 0.262 e. The zero-order valence-corrected chi connectivity index (χ0v) is 17.3. The van der Waals surface area contributed by atoms with Crippen LogP contribution in [0.3, 0.4) is 0 Å². The second-order valence-corrected chi connectivity index (χ2v) is 9.47. The summed E-state index contributed by atoms with van der Waals surface area (Å²) in [4.78, 5) is 16.8. The number of halogens is 1. The Labute approximate surface area is 175 Å². The molecule has 4 rings (SSSR count). The Bertz CT molecular complexity index is 1160. The molecule has 1 saturated heterocycles. The number of hydrogen-bond donors (Lipinski definition) is 0. The van der Waals surface area contributed by atoms with Gasteiger partial charge in [-0.05, 0) is 29.5 Å². The van der Waals surface area contributed by atoms with Crippen LogP contribution in [0.1, 0.15) is 28.3 Å². The van der Waals surface area contributed by atoms with Crippen LogP contribution >= 0.6 is 0 Å². The number of rotatable bonds is 7.